The summed E-state index contributed by atoms with van der Waals surface area (Å²) in [7, 11) is 0. The minimum Gasteiger partial charge on any atom is -0.465 e. The van der Waals surface area contributed by atoms with E-state index in [4.69, 9.17) is 9.26 Å². The predicted octanol–water partition coefficient (Wildman–Crippen LogP) is 2.64. The van der Waals surface area contributed by atoms with Gasteiger partial charge in [0.25, 0.3) is 0 Å². The topological polar surface area (TPSA) is 78.1 Å². The smallest absolute Gasteiger partial charge is 0.318 e. The van der Waals surface area contributed by atoms with Crippen molar-refractivity contribution in [2.24, 2.45) is 0 Å². The van der Waals surface area contributed by atoms with Crippen LogP contribution in [0, 0.1) is 0 Å². The van der Waals surface area contributed by atoms with Gasteiger partial charge in [0.05, 0.1) is 12.1 Å². The first kappa shape index (κ1) is 13.7. The second-order valence-corrected chi connectivity index (χ2v) is 4.64. The number of hydrogen-bond donors (Lipinski definition) is 0. The summed E-state index contributed by atoms with van der Waals surface area (Å²) in [6.45, 7) is 4.10. The van der Waals surface area contributed by atoms with E-state index in [1.807, 2.05) is 12.3 Å². The van der Waals surface area contributed by atoms with Crippen LogP contribution in [0.4, 0.5) is 0 Å². The summed E-state index contributed by atoms with van der Waals surface area (Å²) in [5.41, 5.74) is 2.35. The Morgan fingerprint density at radius 1 is 1.53 bits per heavy atom. The molecular formula is C12H15N3O3S. The van der Waals surface area contributed by atoms with Gasteiger partial charge in [-0.1, -0.05) is 18.5 Å². The summed E-state index contributed by atoms with van der Waals surface area (Å²) < 4.78 is 10.2. The average Bonchev–Trinajstić information content (AvgIpc) is 3.06. The fourth-order valence-corrected chi connectivity index (χ4v) is 2.21. The molecule has 6 nitrogen and oxygen atoms in total. The van der Waals surface area contributed by atoms with Crippen LogP contribution in [0.1, 0.15) is 38.5 Å². The fourth-order valence-electron chi connectivity index (χ4n) is 1.68. The van der Waals surface area contributed by atoms with E-state index in [1.54, 1.807) is 12.4 Å². The molecule has 2 aromatic heterocycles. The predicted molar refractivity (Wildman–Crippen MR) is 69.7 cm³/mol. The highest BCUT2D eigenvalue weighted by Gasteiger charge is 2.27. The van der Waals surface area contributed by atoms with Crippen LogP contribution >= 0.6 is 11.3 Å². The quantitative estimate of drug-likeness (QED) is 0.757. The molecule has 0 amide bonds. The van der Waals surface area contributed by atoms with Gasteiger partial charge >= 0.3 is 5.97 Å². The molecule has 0 fully saturated rings. The van der Waals surface area contributed by atoms with Gasteiger partial charge in [-0.3, -0.25) is 4.79 Å². The lowest BCUT2D eigenvalue weighted by Gasteiger charge is -2.09. The zero-order valence-electron chi connectivity index (χ0n) is 10.8. The van der Waals surface area contributed by atoms with Crippen LogP contribution in [-0.2, 0) is 9.53 Å². The highest BCUT2D eigenvalue weighted by atomic mass is 32.1. The van der Waals surface area contributed by atoms with Gasteiger partial charge in [-0.15, -0.1) is 11.3 Å². The monoisotopic (exact) mass is 281 g/mol. The third-order valence-electron chi connectivity index (χ3n) is 2.55. The lowest BCUT2D eigenvalue weighted by atomic mass is 10.0. The van der Waals surface area contributed by atoms with Crippen molar-refractivity contribution in [2.75, 3.05) is 6.61 Å². The standard InChI is InChI=1S/C12H15N3O3S/c1-3-5-8(12(16)17-4-2)11-14-10(15-18-11)9-6-19-7-13-9/h6-8H,3-5H2,1-2H3. The number of carbonyl (C=O) groups excluding carboxylic acids is 1. The van der Waals surface area contributed by atoms with Crippen LogP contribution in [0.15, 0.2) is 15.4 Å². The zero-order chi connectivity index (χ0) is 13.7. The highest BCUT2D eigenvalue weighted by molar-refractivity contribution is 7.07. The molecule has 19 heavy (non-hydrogen) atoms. The largest absolute Gasteiger partial charge is 0.465 e. The van der Waals surface area contributed by atoms with Crippen molar-refractivity contribution in [1.82, 2.24) is 15.1 Å². The first-order valence-electron chi connectivity index (χ1n) is 6.15. The molecule has 0 aliphatic carbocycles. The van der Waals surface area contributed by atoms with Gasteiger partial charge in [-0.25, -0.2) is 4.98 Å². The maximum absolute atomic E-state index is 11.9. The minimum absolute atomic E-state index is 0.295. The number of thiazole rings is 1. The van der Waals surface area contributed by atoms with Gasteiger partial charge in [0.15, 0.2) is 0 Å². The molecule has 1 unspecified atom stereocenters. The maximum Gasteiger partial charge on any atom is 0.318 e. The Kier molecular flexibility index (Phi) is 4.62. The second-order valence-electron chi connectivity index (χ2n) is 3.92. The van der Waals surface area contributed by atoms with Crippen LogP contribution in [0.25, 0.3) is 11.5 Å². The molecule has 0 N–H and O–H groups in total. The summed E-state index contributed by atoms with van der Waals surface area (Å²) in [6, 6.07) is 0. The van der Waals surface area contributed by atoms with E-state index in [2.05, 4.69) is 15.1 Å². The van der Waals surface area contributed by atoms with E-state index in [0.717, 1.165) is 6.42 Å². The van der Waals surface area contributed by atoms with Crippen molar-refractivity contribution in [3.05, 3.63) is 16.8 Å². The lowest BCUT2D eigenvalue weighted by molar-refractivity contribution is -0.145. The number of ether oxygens (including phenoxy) is 1. The van der Waals surface area contributed by atoms with Crippen molar-refractivity contribution >= 4 is 17.3 Å². The van der Waals surface area contributed by atoms with E-state index < -0.39 is 5.92 Å². The number of hydrogen-bond acceptors (Lipinski definition) is 7. The number of aromatic nitrogens is 3. The maximum atomic E-state index is 11.9. The fraction of sp³-hybridized carbons (Fsp3) is 0.500. The van der Waals surface area contributed by atoms with Crippen molar-refractivity contribution in [3.8, 4) is 11.5 Å². The van der Waals surface area contributed by atoms with Gasteiger partial charge in [0, 0.05) is 5.38 Å². The van der Waals surface area contributed by atoms with Crippen LogP contribution in [0.2, 0.25) is 0 Å². The number of esters is 1. The molecule has 2 rings (SSSR count). The molecule has 2 aromatic rings. The first-order valence-corrected chi connectivity index (χ1v) is 7.09. The second kappa shape index (κ2) is 6.42. The van der Waals surface area contributed by atoms with E-state index in [-0.39, 0.29) is 5.97 Å². The van der Waals surface area contributed by atoms with Gasteiger partial charge in [-0.2, -0.15) is 4.98 Å². The normalized spacial score (nSPS) is 12.3. The van der Waals surface area contributed by atoms with Gasteiger partial charge in [0.2, 0.25) is 11.7 Å². The SMILES string of the molecule is CCCC(C(=O)OCC)c1nc(-c2cscn2)no1. The highest BCUT2D eigenvalue weighted by Crippen LogP contribution is 2.24. The Hall–Kier alpha value is -1.76. The average molecular weight is 281 g/mol. The van der Waals surface area contributed by atoms with Gasteiger partial charge < -0.3 is 9.26 Å². The summed E-state index contributed by atoms with van der Waals surface area (Å²) in [5.74, 6) is -0.118. The molecule has 0 aromatic carbocycles. The number of carbonyl (C=O) groups is 1. The van der Waals surface area contributed by atoms with Crippen molar-refractivity contribution in [3.63, 3.8) is 0 Å². The Morgan fingerprint density at radius 2 is 2.37 bits per heavy atom. The van der Waals surface area contributed by atoms with E-state index in [1.165, 1.54) is 11.3 Å². The van der Waals surface area contributed by atoms with Crippen LogP contribution in [0.5, 0.6) is 0 Å². The van der Waals surface area contributed by atoms with Crippen molar-refractivity contribution in [2.45, 2.75) is 32.6 Å². The molecule has 0 saturated heterocycles. The summed E-state index contributed by atoms with van der Waals surface area (Å²) in [6.07, 6.45) is 1.45. The third kappa shape index (κ3) is 3.17. The van der Waals surface area contributed by atoms with Crippen LogP contribution in [0.3, 0.4) is 0 Å². The number of nitrogens with zero attached hydrogens (tertiary/aromatic N) is 3. The number of rotatable bonds is 6. The molecule has 2 heterocycles. The van der Waals surface area contributed by atoms with E-state index >= 15 is 0 Å². The molecule has 7 heteroatoms. The molecule has 1 atom stereocenters. The molecule has 0 aliphatic heterocycles. The third-order valence-corrected chi connectivity index (χ3v) is 3.14. The Bertz CT molecular complexity index is 524. The summed E-state index contributed by atoms with van der Waals surface area (Å²) in [4.78, 5) is 20.2. The molecule has 0 aliphatic rings. The Balaban J connectivity index is 2.20. The van der Waals surface area contributed by atoms with Crippen LogP contribution < -0.4 is 0 Å². The molecule has 0 saturated carbocycles. The van der Waals surface area contributed by atoms with Crippen molar-refractivity contribution in [1.29, 1.82) is 0 Å². The molecule has 102 valence electrons. The van der Waals surface area contributed by atoms with Gasteiger partial charge in [0.1, 0.15) is 11.6 Å². The van der Waals surface area contributed by atoms with Gasteiger partial charge in [-0.05, 0) is 13.3 Å². The van der Waals surface area contributed by atoms with E-state index in [9.17, 15) is 4.79 Å². The lowest BCUT2D eigenvalue weighted by Crippen LogP contribution is -2.16. The zero-order valence-corrected chi connectivity index (χ0v) is 11.6. The Labute approximate surface area is 114 Å². The molecule has 0 radical (unpaired) electrons. The molecule has 0 spiro atoms. The Morgan fingerprint density at radius 3 is 3.00 bits per heavy atom. The minimum atomic E-state index is -0.496. The summed E-state index contributed by atoms with van der Waals surface area (Å²) in [5, 5.41) is 5.68. The molecular weight excluding hydrogens is 266 g/mol. The van der Waals surface area contributed by atoms with E-state index in [0.29, 0.717) is 30.4 Å². The van der Waals surface area contributed by atoms with Crippen molar-refractivity contribution < 1.29 is 14.1 Å². The summed E-state index contributed by atoms with van der Waals surface area (Å²) >= 11 is 1.45. The first-order chi connectivity index (χ1) is 9.26. The van der Waals surface area contributed by atoms with Crippen LogP contribution in [-0.4, -0.2) is 27.7 Å². The molecule has 0 bridgehead atoms.